The van der Waals surface area contributed by atoms with Crippen molar-refractivity contribution >= 4 is 5.91 Å². The van der Waals surface area contributed by atoms with Crippen molar-refractivity contribution in [2.45, 2.75) is 19.4 Å². The highest BCUT2D eigenvalue weighted by molar-refractivity contribution is 5.94. The Morgan fingerprint density at radius 2 is 2.00 bits per heavy atom. The van der Waals surface area contributed by atoms with Gasteiger partial charge in [-0.05, 0) is 38.1 Å². The van der Waals surface area contributed by atoms with Crippen LogP contribution in [-0.4, -0.2) is 41.1 Å². The molecule has 0 atom stereocenters. The van der Waals surface area contributed by atoms with Crippen LogP contribution in [0.2, 0.25) is 0 Å². The predicted octanol–water partition coefficient (Wildman–Crippen LogP) is 1.22. The second kappa shape index (κ2) is 4.37. The summed E-state index contributed by atoms with van der Waals surface area (Å²) >= 11 is 0. The van der Waals surface area contributed by atoms with E-state index in [1.807, 2.05) is 4.90 Å². The summed E-state index contributed by atoms with van der Waals surface area (Å²) in [7, 11) is 0. The second-order valence-electron chi connectivity index (χ2n) is 5.08. The molecule has 0 aliphatic carbocycles. The van der Waals surface area contributed by atoms with Crippen LogP contribution in [0.3, 0.4) is 0 Å². The summed E-state index contributed by atoms with van der Waals surface area (Å²) in [4.78, 5) is 14.1. The van der Waals surface area contributed by atoms with E-state index in [9.17, 15) is 9.90 Å². The van der Waals surface area contributed by atoms with E-state index >= 15 is 0 Å². The minimum Gasteiger partial charge on any atom is -0.508 e. The molecule has 0 radical (unpaired) electrons. The fourth-order valence-electron chi connectivity index (χ4n) is 2.10. The number of aromatic hydroxyl groups is 1. The van der Waals surface area contributed by atoms with Gasteiger partial charge in [0.25, 0.3) is 5.91 Å². The summed E-state index contributed by atoms with van der Waals surface area (Å²) < 4.78 is 0. The molecule has 2 N–H and O–H groups in total. The Balaban J connectivity index is 2.12. The van der Waals surface area contributed by atoms with Crippen LogP contribution in [0, 0.1) is 0 Å². The first kappa shape index (κ1) is 11.9. The van der Waals surface area contributed by atoms with E-state index in [0.29, 0.717) is 12.1 Å². The van der Waals surface area contributed by atoms with Crippen molar-refractivity contribution in [2.24, 2.45) is 0 Å². The Morgan fingerprint density at radius 3 is 2.59 bits per heavy atom. The third kappa shape index (κ3) is 2.77. The molecule has 1 heterocycles. The molecular formula is C13H18N2O2. The maximum absolute atomic E-state index is 12.2. The number of phenols is 1. The number of nitrogens with one attached hydrogen (secondary N) is 1. The molecule has 4 heteroatoms. The Kier molecular flexibility index (Phi) is 3.07. The van der Waals surface area contributed by atoms with Gasteiger partial charge in [0.2, 0.25) is 0 Å². The average Bonchev–Trinajstić information content (AvgIpc) is 2.28. The van der Waals surface area contributed by atoms with Gasteiger partial charge >= 0.3 is 0 Å². The zero-order valence-electron chi connectivity index (χ0n) is 10.2. The van der Waals surface area contributed by atoms with Crippen LogP contribution in [0.15, 0.2) is 24.3 Å². The first-order valence-corrected chi connectivity index (χ1v) is 5.81. The molecule has 17 heavy (non-hydrogen) atoms. The van der Waals surface area contributed by atoms with E-state index in [2.05, 4.69) is 19.2 Å². The van der Waals surface area contributed by atoms with Gasteiger partial charge in [-0.3, -0.25) is 4.79 Å². The summed E-state index contributed by atoms with van der Waals surface area (Å²) in [5.41, 5.74) is 0.589. The molecule has 1 amide bonds. The number of benzene rings is 1. The number of amides is 1. The van der Waals surface area contributed by atoms with E-state index in [1.165, 1.54) is 0 Å². The summed E-state index contributed by atoms with van der Waals surface area (Å²) in [6.07, 6.45) is 0. The molecule has 1 fully saturated rings. The highest BCUT2D eigenvalue weighted by atomic mass is 16.3. The quantitative estimate of drug-likeness (QED) is 0.768. The lowest BCUT2D eigenvalue weighted by Gasteiger charge is -2.39. The Labute approximate surface area is 101 Å². The molecule has 0 spiro atoms. The molecule has 1 aliphatic rings. The molecule has 0 saturated carbocycles. The van der Waals surface area contributed by atoms with Gasteiger partial charge in [-0.2, -0.15) is 0 Å². The minimum absolute atomic E-state index is 0.0274. The molecule has 1 aromatic carbocycles. The van der Waals surface area contributed by atoms with Crippen LogP contribution in [0.1, 0.15) is 24.2 Å². The predicted molar refractivity (Wildman–Crippen MR) is 66.1 cm³/mol. The highest BCUT2D eigenvalue weighted by Gasteiger charge is 2.28. The standard InChI is InChI=1S/C13H18N2O2/c1-13(2)9-15(8-7-14-13)12(17)10-3-5-11(16)6-4-10/h3-6,14,16H,7-9H2,1-2H3. The van der Waals surface area contributed by atoms with Crippen LogP contribution in [0.4, 0.5) is 0 Å². The molecule has 0 bridgehead atoms. The van der Waals surface area contributed by atoms with Crippen LogP contribution >= 0.6 is 0 Å². The van der Waals surface area contributed by atoms with E-state index in [0.717, 1.165) is 13.1 Å². The largest absolute Gasteiger partial charge is 0.508 e. The van der Waals surface area contributed by atoms with E-state index in [-0.39, 0.29) is 17.2 Å². The highest BCUT2D eigenvalue weighted by Crippen LogP contribution is 2.15. The minimum atomic E-state index is -0.0369. The Morgan fingerprint density at radius 1 is 1.35 bits per heavy atom. The van der Waals surface area contributed by atoms with Gasteiger partial charge in [-0.25, -0.2) is 0 Å². The number of piperazine rings is 1. The SMILES string of the molecule is CC1(C)CN(C(=O)c2ccc(O)cc2)CCN1. The molecule has 1 aliphatic heterocycles. The summed E-state index contributed by atoms with van der Waals surface area (Å²) in [6, 6.07) is 6.40. The molecule has 0 aromatic heterocycles. The summed E-state index contributed by atoms with van der Waals surface area (Å²) in [5.74, 6) is 0.210. The van der Waals surface area contributed by atoms with Gasteiger partial charge in [0.05, 0.1) is 0 Å². The van der Waals surface area contributed by atoms with Crippen molar-refractivity contribution in [3.8, 4) is 5.75 Å². The molecule has 2 rings (SSSR count). The van der Waals surface area contributed by atoms with Crippen LogP contribution in [-0.2, 0) is 0 Å². The molecule has 92 valence electrons. The van der Waals surface area contributed by atoms with Crippen molar-refractivity contribution in [3.63, 3.8) is 0 Å². The maximum Gasteiger partial charge on any atom is 0.253 e. The number of phenolic OH excluding ortho intramolecular Hbond substituents is 1. The Bertz CT molecular complexity index is 412. The zero-order valence-corrected chi connectivity index (χ0v) is 10.2. The lowest BCUT2D eigenvalue weighted by molar-refractivity contribution is 0.0652. The molecular weight excluding hydrogens is 216 g/mol. The fraction of sp³-hybridized carbons (Fsp3) is 0.462. The molecule has 1 aromatic rings. The lowest BCUT2D eigenvalue weighted by Crippen LogP contribution is -2.58. The molecule has 0 unspecified atom stereocenters. The van der Waals surface area contributed by atoms with E-state index in [1.54, 1.807) is 24.3 Å². The van der Waals surface area contributed by atoms with Gasteiger partial charge in [-0.1, -0.05) is 0 Å². The number of carbonyl (C=O) groups excluding carboxylic acids is 1. The Hall–Kier alpha value is -1.55. The van der Waals surface area contributed by atoms with Crippen molar-refractivity contribution in [2.75, 3.05) is 19.6 Å². The van der Waals surface area contributed by atoms with E-state index in [4.69, 9.17) is 0 Å². The van der Waals surface area contributed by atoms with Crippen molar-refractivity contribution in [1.29, 1.82) is 0 Å². The van der Waals surface area contributed by atoms with Crippen molar-refractivity contribution < 1.29 is 9.90 Å². The van der Waals surface area contributed by atoms with Gasteiger partial charge < -0.3 is 15.3 Å². The summed E-state index contributed by atoms with van der Waals surface area (Å²) in [5, 5.41) is 12.6. The van der Waals surface area contributed by atoms with Gasteiger partial charge in [-0.15, -0.1) is 0 Å². The van der Waals surface area contributed by atoms with Crippen LogP contribution in [0.5, 0.6) is 5.75 Å². The zero-order chi connectivity index (χ0) is 12.5. The number of rotatable bonds is 1. The monoisotopic (exact) mass is 234 g/mol. The topological polar surface area (TPSA) is 52.6 Å². The smallest absolute Gasteiger partial charge is 0.253 e. The summed E-state index contributed by atoms with van der Waals surface area (Å²) in [6.45, 7) is 6.42. The van der Waals surface area contributed by atoms with Crippen LogP contribution in [0.25, 0.3) is 0 Å². The number of hydrogen-bond acceptors (Lipinski definition) is 3. The van der Waals surface area contributed by atoms with Gasteiger partial charge in [0.15, 0.2) is 0 Å². The number of hydrogen-bond donors (Lipinski definition) is 2. The van der Waals surface area contributed by atoms with Crippen LogP contribution < -0.4 is 5.32 Å². The number of carbonyl (C=O) groups is 1. The number of nitrogens with zero attached hydrogens (tertiary/aromatic N) is 1. The van der Waals surface area contributed by atoms with Gasteiger partial charge in [0, 0.05) is 30.7 Å². The van der Waals surface area contributed by atoms with E-state index < -0.39 is 0 Å². The fourth-order valence-corrected chi connectivity index (χ4v) is 2.10. The third-order valence-corrected chi connectivity index (χ3v) is 2.97. The van der Waals surface area contributed by atoms with Gasteiger partial charge in [0.1, 0.15) is 5.75 Å². The average molecular weight is 234 g/mol. The van der Waals surface area contributed by atoms with Crippen molar-refractivity contribution in [1.82, 2.24) is 10.2 Å². The maximum atomic E-state index is 12.2. The lowest BCUT2D eigenvalue weighted by atomic mass is 10.0. The third-order valence-electron chi connectivity index (χ3n) is 2.97. The molecule has 1 saturated heterocycles. The van der Waals surface area contributed by atoms with Crippen molar-refractivity contribution in [3.05, 3.63) is 29.8 Å². The molecule has 4 nitrogen and oxygen atoms in total. The first-order valence-electron chi connectivity index (χ1n) is 5.81. The second-order valence-corrected chi connectivity index (χ2v) is 5.08. The normalized spacial score (nSPS) is 19.1. The first-order chi connectivity index (χ1) is 7.98.